The van der Waals surface area contributed by atoms with E-state index in [-0.39, 0.29) is 32.6 Å². The van der Waals surface area contributed by atoms with Crippen LogP contribution in [0.1, 0.15) is 34.5 Å². The average Bonchev–Trinajstić information content (AvgIpc) is 3.31. The first-order chi connectivity index (χ1) is 13.0. The van der Waals surface area contributed by atoms with Crippen LogP contribution in [0.2, 0.25) is 0 Å². The molecule has 3 heterocycles. The number of aromatic nitrogens is 5. The molecule has 12 heteroatoms. The molecule has 0 radical (unpaired) electrons. The number of benzene rings is 1. The summed E-state index contributed by atoms with van der Waals surface area (Å²) in [5.74, 6) is -1.08. The highest BCUT2D eigenvalue weighted by molar-refractivity contribution is 5.85. The van der Waals surface area contributed by atoms with Crippen molar-refractivity contribution in [2.24, 2.45) is 0 Å². The van der Waals surface area contributed by atoms with Crippen LogP contribution in [0.15, 0.2) is 33.7 Å². The van der Waals surface area contributed by atoms with E-state index < -0.39 is 16.9 Å². The summed E-state index contributed by atoms with van der Waals surface area (Å²) in [6, 6.07) is 4.06. The van der Waals surface area contributed by atoms with E-state index in [1.165, 1.54) is 0 Å². The molecule has 2 atom stereocenters. The second-order valence-corrected chi connectivity index (χ2v) is 6.33. The van der Waals surface area contributed by atoms with E-state index in [1.54, 1.807) is 6.20 Å². The maximum absolute atomic E-state index is 12.3. The summed E-state index contributed by atoms with van der Waals surface area (Å²) in [4.78, 5) is 14.4. The Balaban J connectivity index is 1.86. The van der Waals surface area contributed by atoms with Crippen molar-refractivity contribution < 1.29 is 24.0 Å². The van der Waals surface area contributed by atoms with Crippen LogP contribution in [0.3, 0.4) is 0 Å². The van der Waals surface area contributed by atoms with Gasteiger partial charge in [0, 0.05) is 27.2 Å². The van der Waals surface area contributed by atoms with E-state index in [0.29, 0.717) is 10.9 Å². The Morgan fingerprint density at radius 1 is 1.22 bits per heavy atom. The Morgan fingerprint density at radius 3 is 2.78 bits per heavy atom. The molecule has 1 aliphatic carbocycles. The predicted molar refractivity (Wildman–Crippen MR) is 84.5 cm³/mol. The van der Waals surface area contributed by atoms with Crippen molar-refractivity contribution in [2.45, 2.75) is 18.9 Å². The van der Waals surface area contributed by atoms with Gasteiger partial charge in [0.05, 0.1) is 5.16 Å². The fourth-order valence-corrected chi connectivity index (χ4v) is 3.70. The fraction of sp³-hybridized carbons (Fsp3) is 0.200. The van der Waals surface area contributed by atoms with Gasteiger partial charge in [-0.2, -0.15) is 0 Å². The van der Waals surface area contributed by atoms with E-state index in [4.69, 9.17) is 0 Å². The molecule has 1 N–H and O–H groups in total. The van der Waals surface area contributed by atoms with Gasteiger partial charge in [0.25, 0.3) is 17.4 Å². The van der Waals surface area contributed by atoms with Crippen LogP contribution in [0, 0.1) is 27.5 Å². The maximum Gasteiger partial charge on any atom is 0.304 e. The SMILES string of the molecule is Cc1ccc2[nH]cc([C@H]3c4c(no[n+]4[O-])-c4c(no[n+]4[O-])[C@@H]3[N+](=O)[O-])c2c1. The standard InChI is InChI=1S/C15H10N6O6/c1-6-2-3-9-7(4-6)8(5-16-9)10-13(19(22)23)11-15(21(25)27-17-11)12-14(10)20(24)26-18-12/h2-5,10,13,16H,1H3/t10-,13-/m1/s1. The number of hydrogen-bond acceptors (Lipinski definition) is 8. The Morgan fingerprint density at radius 2 is 2.00 bits per heavy atom. The van der Waals surface area contributed by atoms with Crippen molar-refractivity contribution in [1.29, 1.82) is 0 Å². The second kappa shape index (κ2) is 5.03. The molecule has 1 aliphatic rings. The van der Waals surface area contributed by atoms with Gasteiger partial charge in [0.1, 0.15) is 5.92 Å². The Labute approximate surface area is 148 Å². The van der Waals surface area contributed by atoms with Crippen molar-refractivity contribution in [3.8, 4) is 11.4 Å². The van der Waals surface area contributed by atoms with E-state index >= 15 is 0 Å². The molecule has 0 saturated carbocycles. The summed E-state index contributed by atoms with van der Waals surface area (Å²) in [6.07, 6.45) is 1.60. The minimum Gasteiger partial charge on any atom is -0.361 e. The third-order valence-electron chi connectivity index (χ3n) is 4.83. The van der Waals surface area contributed by atoms with Gasteiger partial charge in [-0.3, -0.25) is 19.4 Å². The lowest BCUT2D eigenvalue weighted by atomic mass is 9.81. The number of H-pyrrole nitrogens is 1. The van der Waals surface area contributed by atoms with Crippen LogP contribution < -0.4 is 9.81 Å². The molecule has 5 rings (SSSR count). The molecule has 0 bridgehead atoms. The van der Waals surface area contributed by atoms with Crippen LogP contribution in [0.25, 0.3) is 22.3 Å². The van der Waals surface area contributed by atoms with Gasteiger partial charge in [-0.05, 0) is 34.4 Å². The second-order valence-electron chi connectivity index (χ2n) is 6.33. The third kappa shape index (κ3) is 1.91. The minimum absolute atomic E-state index is 0.0111. The van der Waals surface area contributed by atoms with Crippen molar-refractivity contribution in [3.63, 3.8) is 0 Å². The Hall–Kier alpha value is -3.96. The molecule has 0 spiro atoms. The van der Waals surface area contributed by atoms with Crippen molar-refractivity contribution in [2.75, 3.05) is 0 Å². The smallest absolute Gasteiger partial charge is 0.304 e. The summed E-state index contributed by atoms with van der Waals surface area (Å²) < 4.78 is 9.19. The lowest BCUT2D eigenvalue weighted by Gasteiger charge is -2.18. The molecule has 0 saturated heterocycles. The summed E-state index contributed by atoms with van der Waals surface area (Å²) in [5, 5.41) is 44.0. The zero-order valence-corrected chi connectivity index (χ0v) is 13.6. The molecule has 0 amide bonds. The summed E-state index contributed by atoms with van der Waals surface area (Å²) >= 11 is 0. The van der Waals surface area contributed by atoms with E-state index in [9.17, 15) is 20.5 Å². The molecule has 3 aromatic heterocycles. The van der Waals surface area contributed by atoms with Gasteiger partial charge in [-0.15, -0.1) is 0 Å². The number of rotatable bonds is 2. The van der Waals surface area contributed by atoms with Crippen LogP contribution in [0.4, 0.5) is 0 Å². The van der Waals surface area contributed by atoms with Crippen molar-refractivity contribution in [3.05, 3.63) is 67.4 Å². The van der Waals surface area contributed by atoms with Gasteiger partial charge in [0.15, 0.2) is 0 Å². The molecular formula is C15H10N6O6. The van der Waals surface area contributed by atoms with Crippen LogP contribution in [-0.4, -0.2) is 20.2 Å². The number of hydrogen-bond donors (Lipinski definition) is 1. The van der Waals surface area contributed by atoms with Crippen LogP contribution >= 0.6 is 0 Å². The third-order valence-corrected chi connectivity index (χ3v) is 4.83. The number of nitrogens with zero attached hydrogens (tertiary/aromatic N) is 5. The highest BCUT2D eigenvalue weighted by Gasteiger charge is 2.57. The topological polar surface area (TPSA) is 165 Å². The largest absolute Gasteiger partial charge is 0.361 e. The lowest BCUT2D eigenvalue weighted by Crippen LogP contribution is -2.38. The summed E-state index contributed by atoms with van der Waals surface area (Å²) in [5.41, 5.74) is 1.42. The summed E-state index contributed by atoms with van der Waals surface area (Å²) in [6.45, 7) is 1.89. The number of aryl methyl sites for hydroxylation is 1. The van der Waals surface area contributed by atoms with Crippen LogP contribution in [0.5, 0.6) is 0 Å². The number of fused-ring (bicyclic) bond motifs is 4. The van der Waals surface area contributed by atoms with Gasteiger partial charge in [-0.25, -0.2) is 0 Å². The first-order valence-corrected chi connectivity index (χ1v) is 7.88. The molecule has 12 nitrogen and oxygen atoms in total. The van der Waals surface area contributed by atoms with Gasteiger partial charge < -0.3 is 15.4 Å². The summed E-state index contributed by atoms with van der Waals surface area (Å²) in [7, 11) is 0. The first-order valence-electron chi connectivity index (χ1n) is 7.88. The fourth-order valence-electron chi connectivity index (χ4n) is 3.70. The average molecular weight is 370 g/mol. The zero-order valence-electron chi connectivity index (χ0n) is 13.6. The van der Waals surface area contributed by atoms with Crippen LogP contribution in [-0.2, 0) is 0 Å². The normalized spacial score (nSPS) is 18.4. The Bertz CT molecular complexity index is 1220. The van der Waals surface area contributed by atoms with E-state index in [0.717, 1.165) is 11.1 Å². The molecule has 136 valence electrons. The zero-order chi connectivity index (χ0) is 18.9. The van der Waals surface area contributed by atoms with Gasteiger partial charge in [0.2, 0.25) is 5.69 Å². The maximum atomic E-state index is 12.3. The first kappa shape index (κ1) is 15.3. The monoisotopic (exact) mass is 370 g/mol. The number of nitro groups is 1. The number of nitrogens with one attached hydrogen (secondary N) is 1. The highest BCUT2D eigenvalue weighted by atomic mass is 16.8. The van der Waals surface area contributed by atoms with Crippen molar-refractivity contribution >= 4 is 10.9 Å². The molecule has 0 unspecified atom stereocenters. The van der Waals surface area contributed by atoms with E-state index in [1.807, 2.05) is 25.1 Å². The molecule has 0 aliphatic heterocycles. The quantitative estimate of drug-likeness (QED) is 0.308. The molecule has 1 aromatic carbocycles. The Kier molecular flexibility index (Phi) is 2.85. The molecule has 0 fully saturated rings. The molecular weight excluding hydrogens is 360 g/mol. The number of aromatic amines is 1. The lowest BCUT2D eigenvalue weighted by molar-refractivity contribution is -0.809. The highest BCUT2D eigenvalue weighted by Crippen LogP contribution is 2.47. The van der Waals surface area contributed by atoms with Gasteiger partial charge in [-0.1, -0.05) is 11.6 Å². The van der Waals surface area contributed by atoms with Crippen molar-refractivity contribution in [1.82, 2.24) is 15.3 Å². The van der Waals surface area contributed by atoms with E-state index in [2.05, 4.69) is 24.6 Å². The molecule has 4 aromatic rings. The molecule has 27 heavy (non-hydrogen) atoms. The van der Waals surface area contributed by atoms with Gasteiger partial charge >= 0.3 is 5.69 Å². The minimum atomic E-state index is -1.52. The predicted octanol–water partition coefficient (Wildman–Crippen LogP) is 0.849.